The van der Waals surface area contributed by atoms with Gasteiger partial charge in [-0.05, 0) is 11.8 Å². The highest BCUT2D eigenvalue weighted by molar-refractivity contribution is 4.69. The van der Waals surface area contributed by atoms with Crippen LogP contribution < -0.4 is 0 Å². The lowest BCUT2D eigenvalue weighted by Crippen LogP contribution is -2.01. The highest BCUT2D eigenvalue weighted by atomic mass is 14.2. The van der Waals surface area contributed by atoms with Gasteiger partial charge in [0.2, 0.25) is 0 Å². The minimum absolute atomic E-state index is 0.942. The highest BCUT2D eigenvalue weighted by Crippen LogP contribution is 2.30. The second-order valence-electron chi connectivity index (χ2n) is 3.29. The van der Waals surface area contributed by atoms with E-state index in [0.717, 1.165) is 11.8 Å². The van der Waals surface area contributed by atoms with E-state index in [1.165, 1.54) is 25.7 Å². The van der Waals surface area contributed by atoms with Gasteiger partial charge in [-0.25, -0.2) is 0 Å². The van der Waals surface area contributed by atoms with Crippen molar-refractivity contribution in [3.8, 4) is 0 Å². The molecule has 0 aromatic rings. The standard InChI is InChI=1S/C8H16/c1-7(2)8-5-3-4-6-8/h7-8H,3-6H2,1-2H3. The van der Waals surface area contributed by atoms with Crippen LogP contribution in [0.4, 0.5) is 0 Å². The van der Waals surface area contributed by atoms with Gasteiger partial charge in [-0.15, -0.1) is 0 Å². The van der Waals surface area contributed by atoms with E-state index >= 15 is 0 Å². The number of rotatable bonds is 1. The summed E-state index contributed by atoms with van der Waals surface area (Å²) >= 11 is 0. The van der Waals surface area contributed by atoms with Crippen molar-refractivity contribution in [1.29, 1.82) is 0 Å². The fraction of sp³-hybridized carbons (Fsp3) is 1.00. The molecule has 0 atom stereocenters. The molecule has 0 saturated heterocycles. The van der Waals surface area contributed by atoms with E-state index in [-0.39, 0.29) is 0 Å². The van der Waals surface area contributed by atoms with Gasteiger partial charge in [-0.3, -0.25) is 0 Å². The van der Waals surface area contributed by atoms with E-state index in [2.05, 4.69) is 13.8 Å². The van der Waals surface area contributed by atoms with Crippen molar-refractivity contribution >= 4 is 0 Å². The maximum absolute atomic E-state index is 2.34. The second-order valence-corrected chi connectivity index (χ2v) is 3.29. The van der Waals surface area contributed by atoms with Crippen LogP contribution in [0.2, 0.25) is 0 Å². The lowest BCUT2D eigenvalue weighted by Gasteiger charge is -2.11. The molecule has 0 heterocycles. The van der Waals surface area contributed by atoms with Crippen molar-refractivity contribution in [2.24, 2.45) is 11.8 Å². The van der Waals surface area contributed by atoms with Gasteiger partial charge in [0.05, 0.1) is 0 Å². The molecule has 0 bridgehead atoms. The lowest BCUT2D eigenvalue weighted by molar-refractivity contribution is 0.396. The fourth-order valence-corrected chi connectivity index (χ4v) is 1.62. The summed E-state index contributed by atoms with van der Waals surface area (Å²) in [7, 11) is 0. The largest absolute Gasteiger partial charge is 0.0625 e. The highest BCUT2D eigenvalue weighted by Gasteiger charge is 2.17. The first-order valence-electron chi connectivity index (χ1n) is 3.80. The van der Waals surface area contributed by atoms with Gasteiger partial charge in [0, 0.05) is 0 Å². The molecule has 1 saturated carbocycles. The minimum atomic E-state index is 0.942. The monoisotopic (exact) mass is 112 g/mol. The van der Waals surface area contributed by atoms with Crippen LogP contribution in [0.25, 0.3) is 0 Å². The molecule has 1 aliphatic carbocycles. The van der Waals surface area contributed by atoms with E-state index in [0.29, 0.717) is 0 Å². The van der Waals surface area contributed by atoms with Crippen LogP contribution >= 0.6 is 0 Å². The summed E-state index contributed by atoms with van der Waals surface area (Å²) in [4.78, 5) is 0. The Bertz CT molecular complexity index is 58.4. The molecule has 1 fully saturated rings. The summed E-state index contributed by atoms with van der Waals surface area (Å²) in [5, 5.41) is 0. The predicted molar refractivity (Wildman–Crippen MR) is 36.8 cm³/mol. The van der Waals surface area contributed by atoms with E-state index in [4.69, 9.17) is 0 Å². The third kappa shape index (κ3) is 1.24. The molecule has 0 spiro atoms. The molecule has 0 aromatic carbocycles. The van der Waals surface area contributed by atoms with Crippen LogP contribution in [0.3, 0.4) is 0 Å². The van der Waals surface area contributed by atoms with Crippen molar-refractivity contribution in [2.45, 2.75) is 39.5 Å². The molecule has 48 valence electrons. The van der Waals surface area contributed by atoms with Crippen LogP contribution in [0.5, 0.6) is 0 Å². The Balaban J connectivity index is 2.24. The van der Waals surface area contributed by atoms with E-state index in [1.807, 2.05) is 0 Å². The van der Waals surface area contributed by atoms with Gasteiger partial charge >= 0.3 is 0 Å². The van der Waals surface area contributed by atoms with E-state index in [9.17, 15) is 0 Å². The number of hydrogen-bond donors (Lipinski definition) is 0. The maximum atomic E-state index is 2.34. The first-order valence-corrected chi connectivity index (χ1v) is 3.80. The summed E-state index contributed by atoms with van der Waals surface area (Å²) < 4.78 is 0. The molecule has 0 N–H and O–H groups in total. The van der Waals surface area contributed by atoms with Crippen LogP contribution in [-0.4, -0.2) is 0 Å². The van der Waals surface area contributed by atoms with E-state index < -0.39 is 0 Å². The number of hydrogen-bond acceptors (Lipinski definition) is 0. The first-order chi connectivity index (χ1) is 3.80. The molecular formula is C8H16. The Morgan fingerprint density at radius 2 is 1.62 bits per heavy atom. The summed E-state index contributed by atoms with van der Waals surface area (Å²) in [6, 6.07) is 0. The Hall–Kier alpha value is 0. The zero-order chi connectivity index (χ0) is 5.98. The Labute approximate surface area is 52.3 Å². The van der Waals surface area contributed by atoms with Gasteiger partial charge in [-0.1, -0.05) is 39.5 Å². The van der Waals surface area contributed by atoms with Gasteiger partial charge in [0.1, 0.15) is 0 Å². The van der Waals surface area contributed by atoms with Crippen LogP contribution in [-0.2, 0) is 0 Å². The Kier molecular flexibility index (Phi) is 1.93. The molecule has 0 aromatic heterocycles. The van der Waals surface area contributed by atoms with Gasteiger partial charge < -0.3 is 0 Å². The van der Waals surface area contributed by atoms with Crippen molar-refractivity contribution in [3.05, 3.63) is 0 Å². The third-order valence-corrected chi connectivity index (χ3v) is 2.34. The van der Waals surface area contributed by atoms with Crippen molar-refractivity contribution in [3.63, 3.8) is 0 Å². The molecule has 0 heteroatoms. The predicted octanol–water partition coefficient (Wildman–Crippen LogP) is 2.83. The third-order valence-electron chi connectivity index (χ3n) is 2.34. The zero-order valence-corrected chi connectivity index (χ0v) is 5.98. The summed E-state index contributed by atoms with van der Waals surface area (Å²) in [6.45, 7) is 4.69. The van der Waals surface area contributed by atoms with Gasteiger partial charge in [-0.2, -0.15) is 0 Å². The molecule has 0 unspecified atom stereocenters. The first kappa shape index (κ1) is 6.12. The summed E-state index contributed by atoms with van der Waals surface area (Å²) in [5.74, 6) is 2.01. The van der Waals surface area contributed by atoms with Crippen LogP contribution in [0, 0.1) is 11.8 Å². The van der Waals surface area contributed by atoms with Crippen LogP contribution in [0.15, 0.2) is 0 Å². The average Bonchev–Trinajstić information content (AvgIpc) is 2.12. The van der Waals surface area contributed by atoms with Gasteiger partial charge in [0.15, 0.2) is 0 Å². The molecule has 1 aliphatic rings. The lowest BCUT2D eigenvalue weighted by atomic mass is 9.95. The van der Waals surface area contributed by atoms with E-state index in [1.54, 1.807) is 0 Å². The topological polar surface area (TPSA) is 0 Å². The molecule has 0 amide bonds. The Morgan fingerprint density at radius 1 is 1.12 bits per heavy atom. The maximum Gasteiger partial charge on any atom is -0.0391 e. The van der Waals surface area contributed by atoms with Gasteiger partial charge in [0.25, 0.3) is 0 Å². The SMILES string of the molecule is CC(C)C1CCCC1. The zero-order valence-electron chi connectivity index (χ0n) is 5.98. The fourth-order valence-electron chi connectivity index (χ4n) is 1.62. The average molecular weight is 112 g/mol. The molecule has 0 aliphatic heterocycles. The van der Waals surface area contributed by atoms with Crippen molar-refractivity contribution in [2.75, 3.05) is 0 Å². The van der Waals surface area contributed by atoms with Crippen molar-refractivity contribution in [1.82, 2.24) is 0 Å². The normalized spacial score (nSPS) is 22.9. The van der Waals surface area contributed by atoms with Crippen LogP contribution in [0.1, 0.15) is 39.5 Å². The summed E-state index contributed by atoms with van der Waals surface area (Å²) in [6.07, 6.45) is 5.97. The quantitative estimate of drug-likeness (QED) is 0.489. The molecule has 1 rings (SSSR count). The second kappa shape index (κ2) is 2.52. The molecule has 0 nitrogen and oxygen atoms in total. The molecule has 8 heavy (non-hydrogen) atoms. The molecular weight excluding hydrogens is 96.1 g/mol. The van der Waals surface area contributed by atoms with Crippen molar-refractivity contribution < 1.29 is 0 Å². The molecule has 0 radical (unpaired) electrons. The minimum Gasteiger partial charge on any atom is -0.0625 e. The summed E-state index contributed by atoms with van der Waals surface area (Å²) in [5.41, 5.74) is 0. The smallest absolute Gasteiger partial charge is 0.0391 e. The Morgan fingerprint density at radius 3 is 1.88 bits per heavy atom.